The molecule has 2 aromatic rings. The fraction of sp³-hybridized carbons (Fsp3) is 0.250. The van der Waals surface area contributed by atoms with Crippen molar-refractivity contribution >= 4 is 0 Å². The van der Waals surface area contributed by atoms with Crippen molar-refractivity contribution in [3.05, 3.63) is 53.6 Å². The van der Waals surface area contributed by atoms with Crippen LogP contribution in [0.25, 0.3) is 11.1 Å². The first-order valence-electron chi connectivity index (χ1n) is 7.46. The number of halogens is 2. The van der Waals surface area contributed by atoms with E-state index in [4.69, 9.17) is 8.85 Å². The van der Waals surface area contributed by atoms with Crippen LogP contribution in [-0.4, -0.2) is 7.04 Å². The summed E-state index contributed by atoms with van der Waals surface area (Å²) in [7, 11) is -2.57. The first-order chi connectivity index (χ1) is 10.2. The van der Waals surface area contributed by atoms with E-state index in [9.17, 15) is 8.78 Å². The van der Waals surface area contributed by atoms with Crippen molar-refractivity contribution < 1.29 is 17.6 Å². The van der Waals surface area contributed by atoms with Crippen molar-refractivity contribution in [1.29, 1.82) is 0 Å². The topological polar surface area (TPSA) is 9.23 Å². The Labute approximate surface area is 116 Å². The predicted octanol–water partition coefficient (Wildman–Crippen LogP) is 4.76. The molecule has 0 N–H and O–H groups in total. The largest absolute Gasteiger partial charge is 0.497 e. The molecule has 0 saturated heterocycles. The van der Waals surface area contributed by atoms with Gasteiger partial charge in [0.05, 0.1) is 11.2 Å². The third-order valence-electron chi connectivity index (χ3n) is 2.94. The van der Waals surface area contributed by atoms with Gasteiger partial charge in [-0.05, 0) is 41.3 Å². The van der Waals surface area contributed by atoms with Crippen molar-refractivity contribution in [1.82, 2.24) is 0 Å². The van der Waals surface area contributed by atoms with Gasteiger partial charge in [0.15, 0.2) is 0 Å². The van der Waals surface area contributed by atoms with Gasteiger partial charge in [0, 0.05) is 5.56 Å². The maximum absolute atomic E-state index is 14.1. The maximum atomic E-state index is 14.1. The maximum Gasteiger partial charge on any atom is 0.130 e. The molecule has 0 radical (unpaired) electrons. The molecule has 0 aliphatic carbocycles. The zero-order valence-electron chi connectivity index (χ0n) is 13.7. The Morgan fingerprint density at radius 3 is 2.32 bits per heavy atom. The van der Waals surface area contributed by atoms with Crippen molar-refractivity contribution in [2.45, 2.75) is 19.8 Å². The molecule has 0 amide bonds. The fourth-order valence-corrected chi connectivity index (χ4v) is 2.04. The van der Waals surface area contributed by atoms with Crippen LogP contribution in [0.2, 0.25) is 0 Å². The van der Waals surface area contributed by atoms with Crippen LogP contribution in [-0.2, 0) is 0 Å². The molecule has 0 heterocycles. The Balaban J connectivity index is 2.43. The Hall–Kier alpha value is -1.90. The summed E-state index contributed by atoms with van der Waals surface area (Å²) in [5.74, 6) is -1.38. The zero-order chi connectivity index (χ0) is 16.5. The summed E-state index contributed by atoms with van der Waals surface area (Å²) in [6.07, 6.45) is 0. The summed E-state index contributed by atoms with van der Waals surface area (Å²) in [5.41, 5.74) is 0.851. The van der Waals surface area contributed by atoms with Gasteiger partial charge < -0.3 is 4.74 Å². The van der Waals surface area contributed by atoms with Crippen LogP contribution >= 0.6 is 0 Å². The SMILES string of the molecule is [2H]C([2H])([2H])Oc1cccc(-c2cc(F)c(C(C)C)c(F)c2)c1. The molecule has 2 aromatic carbocycles. The molecular weight excluding hydrogens is 246 g/mol. The van der Waals surface area contributed by atoms with Crippen LogP contribution in [0.5, 0.6) is 5.75 Å². The van der Waals surface area contributed by atoms with Crippen LogP contribution in [0, 0.1) is 11.6 Å². The first-order valence-corrected chi connectivity index (χ1v) is 5.96. The molecule has 0 atom stereocenters. The van der Waals surface area contributed by atoms with E-state index in [0.29, 0.717) is 11.1 Å². The Morgan fingerprint density at radius 2 is 1.74 bits per heavy atom. The van der Waals surface area contributed by atoms with Crippen LogP contribution in [0.1, 0.15) is 29.4 Å². The Morgan fingerprint density at radius 1 is 1.05 bits per heavy atom. The number of hydrogen-bond donors (Lipinski definition) is 0. The Kier molecular flexibility index (Phi) is 2.82. The van der Waals surface area contributed by atoms with Gasteiger partial charge in [-0.3, -0.25) is 0 Å². The smallest absolute Gasteiger partial charge is 0.130 e. The second-order valence-electron chi connectivity index (χ2n) is 4.64. The van der Waals surface area contributed by atoms with Gasteiger partial charge in [-0.15, -0.1) is 0 Å². The van der Waals surface area contributed by atoms with E-state index in [1.54, 1.807) is 26.0 Å². The minimum Gasteiger partial charge on any atom is -0.497 e. The molecule has 19 heavy (non-hydrogen) atoms. The van der Waals surface area contributed by atoms with Crippen LogP contribution in [0.3, 0.4) is 0 Å². The van der Waals surface area contributed by atoms with E-state index in [0.717, 1.165) is 0 Å². The molecule has 3 heteroatoms. The minimum absolute atomic E-state index is 0.0404. The summed E-state index contributed by atoms with van der Waals surface area (Å²) < 4.78 is 54.2. The monoisotopic (exact) mass is 265 g/mol. The van der Waals surface area contributed by atoms with Gasteiger partial charge in [-0.1, -0.05) is 26.0 Å². The van der Waals surface area contributed by atoms with Gasteiger partial charge in [0.1, 0.15) is 17.4 Å². The van der Waals surface area contributed by atoms with E-state index < -0.39 is 18.7 Å². The van der Waals surface area contributed by atoms with Gasteiger partial charge >= 0.3 is 0 Å². The average Bonchev–Trinajstić information content (AvgIpc) is 2.35. The third kappa shape index (κ3) is 2.75. The Bertz CT molecular complexity index is 658. The summed E-state index contributed by atoms with van der Waals surface area (Å²) in [6.45, 7) is 3.43. The normalized spacial score (nSPS) is 13.8. The van der Waals surface area contributed by atoms with Gasteiger partial charge in [0.2, 0.25) is 0 Å². The predicted molar refractivity (Wildman–Crippen MR) is 72.4 cm³/mol. The molecule has 0 saturated carbocycles. The van der Waals surface area contributed by atoms with Crippen molar-refractivity contribution in [3.63, 3.8) is 0 Å². The number of benzene rings is 2. The number of rotatable bonds is 3. The van der Waals surface area contributed by atoms with Gasteiger partial charge in [0.25, 0.3) is 0 Å². The number of methoxy groups -OCH3 is 1. The number of hydrogen-bond acceptors (Lipinski definition) is 1. The van der Waals surface area contributed by atoms with Crippen LogP contribution in [0.15, 0.2) is 36.4 Å². The lowest BCUT2D eigenvalue weighted by molar-refractivity contribution is 0.415. The molecule has 0 bridgehead atoms. The molecule has 0 unspecified atom stereocenters. The quantitative estimate of drug-likeness (QED) is 0.777. The number of ether oxygens (including phenoxy) is 1. The molecule has 0 fully saturated rings. The molecule has 0 aliphatic rings. The summed E-state index contributed by atoms with van der Waals surface area (Å²) in [6, 6.07) is 8.61. The van der Waals surface area contributed by atoms with E-state index in [-0.39, 0.29) is 17.2 Å². The molecule has 100 valence electrons. The average molecular weight is 265 g/mol. The lowest BCUT2D eigenvalue weighted by Gasteiger charge is -2.11. The van der Waals surface area contributed by atoms with Crippen molar-refractivity contribution in [3.8, 4) is 16.9 Å². The van der Waals surface area contributed by atoms with E-state index >= 15 is 0 Å². The standard InChI is InChI=1S/C16H16F2O/c1-10(2)16-14(17)8-12(9-15(16)18)11-5-4-6-13(7-11)19-3/h4-10H,1-3H3/i3D3. The lowest BCUT2D eigenvalue weighted by atomic mass is 9.97. The molecule has 1 nitrogen and oxygen atoms in total. The summed E-state index contributed by atoms with van der Waals surface area (Å²) >= 11 is 0. The highest BCUT2D eigenvalue weighted by molar-refractivity contribution is 5.65. The van der Waals surface area contributed by atoms with E-state index in [2.05, 4.69) is 0 Å². The van der Waals surface area contributed by atoms with Gasteiger partial charge in [-0.25, -0.2) is 8.78 Å². The second-order valence-corrected chi connectivity index (χ2v) is 4.64. The van der Waals surface area contributed by atoms with Crippen molar-refractivity contribution in [2.75, 3.05) is 7.04 Å². The molecule has 0 aromatic heterocycles. The fourth-order valence-electron chi connectivity index (χ4n) is 2.04. The molecular formula is C16H16F2O. The van der Waals surface area contributed by atoms with Crippen molar-refractivity contribution in [2.24, 2.45) is 0 Å². The van der Waals surface area contributed by atoms with E-state index in [1.807, 2.05) is 0 Å². The van der Waals surface area contributed by atoms with Crippen LogP contribution < -0.4 is 4.74 Å². The lowest BCUT2D eigenvalue weighted by Crippen LogP contribution is -1.99. The highest BCUT2D eigenvalue weighted by Gasteiger charge is 2.15. The highest BCUT2D eigenvalue weighted by atomic mass is 19.1. The highest BCUT2D eigenvalue weighted by Crippen LogP contribution is 2.29. The molecule has 0 spiro atoms. The minimum atomic E-state index is -2.57. The summed E-state index contributed by atoms with van der Waals surface area (Å²) in [5, 5.41) is 0. The zero-order valence-corrected chi connectivity index (χ0v) is 10.7. The van der Waals surface area contributed by atoms with E-state index in [1.165, 1.54) is 24.3 Å². The molecule has 0 aliphatic heterocycles. The second kappa shape index (κ2) is 5.39. The first kappa shape index (κ1) is 9.96. The van der Waals surface area contributed by atoms with Gasteiger partial charge in [-0.2, -0.15) is 0 Å². The molecule has 2 rings (SSSR count). The third-order valence-corrected chi connectivity index (χ3v) is 2.94. The summed E-state index contributed by atoms with van der Waals surface area (Å²) in [4.78, 5) is 0. The van der Waals surface area contributed by atoms with Crippen LogP contribution in [0.4, 0.5) is 8.78 Å².